The van der Waals surface area contributed by atoms with E-state index in [4.69, 9.17) is 0 Å². The Morgan fingerprint density at radius 1 is 1.12 bits per heavy atom. The third kappa shape index (κ3) is 5.63. The van der Waals surface area contributed by atoms with Crippen molar-refractivity contribution in [2.75, 3.05) is 17.7 Å². The van der Waals surface area contributed by atoms with Crippen LogP contribution in [0.1, 0.15) is 40.5 Å². The summed E-state index contributed by atoms with van der Waals surface area (Å²) in [6.45, 7) is 8.44. The molecular formula is C22H28F5N5O. The van der Waals surface area contributed by atoms with Crippen molar-refractivity contribution in [3.05, 3.63) is 36.3 Å². The van der Waals surface area contributed by atoms with E-state index in [1.807, 2.05) is 0 Å². The number of ether oxygens (including phenoxy) is 1. The van der Waals surface area contributed by atoms with Gasteiger partial charge in [-0.3, -0.25) is 4.90 Å². The minimum atomic E-state index is -4.68. The van der Waals surface area contributed by atoms with Crippen LogP contribution in [-0.4, -0.2) is 51.6 Å². The average Bonchev–Trinajstić information content (AvgIpc) is 2.69. The molecule has 2 N–H and O–H groups in total. The van der Waals surface area contributed by atoms with Crippen LogP contribution in [-0.2, 0) is 0 Å². The molecule has 2 heterocycles. The minimum absolute atomic E-state index is 0.0510. The van der Waals surface area contributed by atoms with Crippen LogP contribution in [0.15, 0.2) is 30.5 Å². The number of halogens is 5. The van der Waals surface area contributed by atoms with Crippen molar-refractivity contribution in [3.8, 4) is 5.75 Å². The van der Waals surface area contributed by atoms with Crippen LogP contribution in [0, 0.1) is 5.82 Å². The Morgan fingerprint density at radius 3 is 2.33 bits per heavy atom. The third-order valence-corrected chi connectivity index (χ3v) is 6.03. The molecule has 0 unspecified atom stereocenters. The lowest BCUT2D eigenvalue weighted by Crippen LogP contribution is -2.61. The molecule has 0 bridgehead atoms. The van der Waals surface area contributed by atoms with Crippen molar-refractivity contribution in [1.29, 1.82) is 0 Å². The Kier molecular flexibility index (Phi) is 6.74. The second-order valence-electron chi connectivity index (χ2n) is 9.41. The molecule has 33 heavy (non-hydrogen) atoms. The Morgan fingerprint density at radius 2 is 1.73 bits per heavy atom. The summed E-state index contributed by atoms with van der Waals surface area (Å²) in [7, 11) is 2.06. The highest BCUT2D eigenvalue weighted by atomic mass is 19.3. The summed E-state index contributed by atoms with van der Waals surface area (Å²) in [4.78, 5) is 10.3. The van der Waals surface area contributed by atoms with Gasteiger partial charge in [0.15, 0.2) is 11.6 Å². The fourth-order valence-corrected chi connectivity index (χ4v) is 4.17. The van der Waals surface area contributed by atoms with Gasteiger partial charge in [0.05, 0.1) is 11.9 Å². The highest BCUT2D eigenvalue weighted by Crippen LogP contribution is 2.38. The molecular weight excluding hydrogens is 445 g/mol. The number of nitrogens with zero attached hydrogens (tertiary/aromatic N) is 3. The first kappa shape index (κ1) is 24.9. The van der Waals surface area contributed by atoms with Crippen molar-refractivity contribution in [1.82, 2.24) is 14.9 Å². The number of nitrogens with one attached hydrogen (secondary N) is 2. The fraction of sp³-hybridized carbons (Fsp3) is 0.545. The number of aromatic nitrogens is 2. The molecule has 11 heteroatoms. The van der Waals surface area contributed by atoms with Gasteiger partial charge >= 0.3 is 12.5 Å². The van der Waals surface area contributed by atoms with Crippen molar-refractivity contribution < 1.29 is 26.7 Å². The number of likely N-dealkylation sites (tertiary alicyclic amines) is 1. The van der Waals surface area contributed by atoms with Gasteiger partial charge in [-0.25, -0.2) is 9.37 Å². The van der Waals surface area contributed by atoms with Gasteiger partial charge in [-0.05, 0) is 59.7 Å². The minimum Gasteiger partial charge on any atom is -0.426 e. The highest BCUT2D eigenvalue weighted by molar-refractivity contribution is 5.63. The lowest BCUT2D eigenvalue weighted by Gasteiger charge is -2.53. The van der Waals surface area contributed by atoms with E-state index >= 15 is 0 Å². The Balaban J connectivity index is 1.81. The molecule has 1 aromatic heterocycles. The molecule has 3 rings (SSSR count). The summed E-state index contributed by atoms with van der Waals surface area (Å²) in [6, 6.07) is 5.19. The second-order valence-corrected chi connectivity index (χ2v) is 9.41. The lowest BCUT2D eigenvalue weighted by atomic mass is 9.77. The first-order valence-electron chi connectivity index (χ1n) is 10.5. The van der Waals surface area contributed by atoms with Crippen LogP contribution in [0.4, 0.5) is 39.4 Å². The second kappa shape index (κ2) is 8.92. The van der Waals surface area contributed by atoms with Crippen LogP contribution in [0.2, 0.25) is 0 Å². The van der Waals surface area contributed by atoms with Crippen LogP contribution in [0.25, 0.3) is 0 Å². The molecule has 0 aliphatic carbocycles. The predicted octanol–water partition coefficient (Wildman–Crippen LogP) is 5.66. The molecule has 2 aromatic rings. The number of hydrogen-bond donors (Lipinski definition) is 2. The van der Waals surface area contributed by atoms with E-state index in [2.05, 4.69) is 65.0 Å². The van der Waals surface area contributed by atoms with Gasteiger partial charge < -0.3 is 15.4 Å². The molecule has 0 amide bonds. The van der Waals surface area contributed by atoms with E-state index in [0.717, 1.165) is 25.1 Å². The molecule has 0 spiro atoms. The van der Waals surface area contributed by atoms with Gasteiger partial charge in [-0.2, -0.15) is 22.5 Å². The van der Waals surface area contributed by atoms with Gasteiger partial charge in [0.1, 0.15) is 5.75 Å². The summed E-state index contributed by atoms with van der Waals surface area (Å²) in [6.07, 6.45) is -6.27. The summed E-state index contributed by atoms with van der Waals surface area (Å²) in [5.41, 5.74) is -0.358. The maximum Gasteiger partial charge on any atom is 0.461 e. The quantitative estimate of drug-likeness (QED) is 0.506. The van der Waals surface area contributed by atoms with Crippen LogP contribution in [0.5, 0.6) is 5.75 Å². The fourth-order valence-electron chi connectivity index (χ4n) is 4.17. The Bertz CT molecular complexity index is 967. The van der Waals surface area contributed by atoms with Crippen LogP contribution >= 0.6 is 0 Å². The summed E-state index contributed by atoms with van der Waals surface area (Å²) < 4.78 is 70.5. The maximum atomic E-state index is 14.5. The van der Waals surface area contributed by atoms with E-state index in [-0.39, 0.29) is 34.6 Å². The number of para-hydroxylation sites is 2. The van der Waals surface area contributed by atoms with E-state index < -0.39 is 24.1 Å². The first-order valence-corrected chi connectivity index (χ1v) is 10.5. The molecule has 1 fully saturated rings. The zero-order chi connectivity index (χ0) is 24.6. The van der Waals surface area contributed by atoms with Crippen molar-refractivity contribution in [2.24, 2.45) is 0 Å². The summed E-state index contributed by atoms with van der Waals surface area (Å²) >= 11 is 0. The number of benzene rings is 1. The number of alkyl halides is 4. The Labute approximate surface area is 189 Å². The zero-order valence-electron chi connectivity index (χ0n) is 19.1. The maximum absolute atomic E-state index is 14.5. The molecule has 0 radical (unpaired) electrons. The van der Waals surface area contributed by atoms with Gasteiger partial charge in [-0.1, -0.05) is 12.1 Å². The molecule has 182 valence electrons. The molecule has 1 saturated heterocycles. The van der Waals surface area contributed by atoms with Crippen molar-refractivity contribution in [3.63, 3.8) is 0 Å². The van der Waals surface area contributed by atoms with Gasteiger partial charge in [0, 0.05) is 17.1 Å². The number of hydrogen-bond acceptors (Lipinski definition) is 6. The molecule has 0 saturated carbocycles. The number of anilines is 3. The first-order chi connectivity index (χ1) is 15.2. The number of piperidine rings is 1. The molecule has 0 atom stereocenters. The predicted molar refractivity (Wildman–Crippen MR) is 116 cm³/mol. The van der Waals surface area contributed by atoms with E-state index in [9.17, 15) is 22.0 Å². The standard InChI is InChI=1S/C22H28F5N5O/c1-20(2)10-13(11-21(3,4)32(20)5)29-17-14(23)12-28-19(31-17)30-15-8-6-7-9-16(15)33-22(26,27)18(24)25/h6-9,12-13,18H,10-11H2,1-5H3,(H2,28,29,30,31). The van der Waals surface area contributed by atoms with E-state index in [1.54, 1.807) is 0 Å². The molecule has 1 aliphatic rings. The van der Waals surface area contributed by atoms with Gasteiger partial charge in [-0.15, -0.1) is 0 Å². The largest absolute Gasteiger partial charge is 0.461 e. The summed E-state index contributed by atoms with van der Waals surface area (Å²) in [5.74, 6) is -1.36. The molecule has 1 aromatic carbocycles. The highest BCUT2D eigenvalue weighted by Gasteiger charge is 2.45. The SMILES string of the molecule is CN1C(C)(C)CC(Nc2nc(Nc3ccccc3OC(F)(F)C(F)F)ncc2F)CC1(C)C. The Hall–Kier alpha value is -2.69. The smallest absolute Gasteiger partial charge is 0.426 e. The lowest BCUT2D eigenvalue weighted by molar-refractivity contribution is -0.252. The molecule has 6 nitrogen and oxygen atoms in total. The van der Waals surface area contributed by atoms with E-state index in [0.29, 0.717) is 0 Å². The van der Waals surface area contributed by atoms with Crippen LogP contribution in [0.3, 0.4) is 0 Å². The molecule has 1 aliphatic heterocycles. The van der Waals surface area contributed by atoms with Crippen molar-refractivity contribution >= 4 is 17.5 Å². The monoisotopic (exact) mass is 473 g/mol. The van der Waals surface area contributed by atoms with Gasteiger partial charge in [0.25, 0.3) is 0 Å². The van der Waals surface area contributed by atoms with E-state index in [1.165, 1.54) is 18.2 Å². The van der Waals surface area contributed by atoms with Gasteiger partial charge in [0.2, 0.25) is 5.95 Å². The number of rotatable bonds is 7. The van der Waals surface area contributed by atoms with Crippen LogP contribution < -0.4 is 15.4 Å². The van der Waals surface area contributed by atoms with Crippen molar-refractivity contribution in [2.45, 2.75) is 70.2 Å². The third-order valence-electron chi connectivity index (χ3n) is 6.03. The zero-order valence-corrected chi connectivity index (χ0v) is 19.1. The topological polar surface area (TPSA) is 62.3 Å². The average molecular weight is 473 g/mol. The normalized spacial score (nSPS) is 18.9. The summed E-state index contributed by atoms with van der Waals surface area (Å²) in [5, 5.41) is 5.77.